The third kappa shape index (κ3) is 2.38. The summed E-state index contributed by atoms with van der Waals surface area (Å²) in [7, 11) is 0. The fourth-order valence-electron chi connectivity index (χ4n) is 1.84. The molecule has 0 N–H and O–H groups in total. The first-order valence-electron chi connectivity index (χ1n) is 5.26. The Morgan fingerprint density at radius 2 is 1.80 bits per heavy atom. The minimum absolute atomic E-state index is 0.184. The molecule has 0 aliphatic heterocycles. The van der Waals surface area contributed by atoms with Gasteiger partial charge in [0.25, 0.3) is 0 Å². The molecule has 1 aliphatic carbocycles. The van der Waals surface area contributed by atoms with Crippen LogP contribution in [0.1, 0.15) is 31.9 Å². The minimum atomic E-state index is -0.184. The molecule has 1 aliphatic rings. The number of benzene rings is 1. The van der Waals surface area contributed by atoms with Gasteiger partial charge in [-0.1, -0.05) is 6.07 Å². The summed E-state index contributed by atoms with van der Waals surface area (Å²) in [5.74, 6) is 1.16. The van der Waals surface area contributed by atoms with E-state index in [-0.39, 0.29) is 5.60 Å². The standard InChI is InChI=1S/C13H16O2/c1-13(2,3)15-12-5-4-9-6-11(14)7-10(9)8-12/h4-5,8H,6-7H2,1-3H3. The van der Waals surface area contributed by atoms with Crippen LogP contribution in [0.2, 0.25) is 0 Å². The fourth-order valence-corrected chi connectivity index (χ4v) is 1.84. The van der Waals surface area contributed by atoms with E-state index in [0.717, 1.165) is 16.9 Å². The molecule has 1 aromatic rings. The molecule has 80 valence electrons. The molecule has 15 heavy (non-hydrogen) atoms. The summed E-state index contributed by atoms with van der Waals surface area (Å²) in [4.78, 5) is 11.3. The topological polar surface area (TPSA) is 26.3 Å². The van der Waals surface area contributed by atoms with Crippen LogP contribution in [-0.4, -0.2) is 11.4 Å². The van der Waals surface area contributed by atoms with Crippen LogP contribution < -0.4 is 4.74 Å². The fraction of sp³-hybridized carbons (Fsp3) is 0.462. The minimum Gasteiger partial charge on any atom is -0.488 e. The molecule has 0 bridgehead atoms. The zero-order chi connectivity index (χ0) is 11.1. The SMILES string of the molecule is CC(C)(C)Oc1ccc2c(c1)CC(=O)C2. The summed E-state index contributed by atoms with van der Waals surface area (Å²) in [5.41, 5.74) is 2.10. The quantitative estimate of drug-likeness (QED) is 0.702. The predicted molar refractivity (Wildman–Crippen MR) is 59.2 cm³/mol. The molecule has 1 aromatic carbocycles. The molecule has 0 aromatic heterocycles. The first kappa shape index (κ1) is 10.2. The summed E-state index contributed by atoms with van der Waals surface area (Å²) < 4.78 is 5.75. The van der Waals surface area contributed by atoms with Gasteiger partial charge < -0.3 is 4.74 Å². The van der Waals surface area contributed by atoms with E-state index in [1.165, 1.54) is 0 Å². The number of fused-ring (bicyclic) bond motifs is 1. The van der Waals surface area contributed by atoms with Crippen LogP contribution in [0.5, 0.6) is 5.75 Å². The number of ketones is 1. The van der Waals surface area contributed by atoms with Crippen molar-refractivity contribution < 1.29 is 9.53 Å². The highest BCUT2D eigenvalue weighted by Crippen LogP contribution is 2.26. The van der Waals surface area contributed by atoms with Crippen LogP contribution in [-0.2, 0) is 17.6 Å². The number of carbonyl (C=O) groups is 1. The van der Waals surface area contributed by atoms with Gasteiger partial charge in [0.1, 0.15) is 17.1 Å². The van der Waals surface area contributed by atoms with Gasteiger partial charge in [0.2, 0.25) is 0 Å². The van der Waals surface area contributed by atoms with Crippen molar-refractivity contribution in [3.63, 3.8) is 0 Å². The molecular formula is C13H16O2. The molecule has 2 nitrogen and oxygen atoms in total. The highest BCUT2D eigenvalue weighted by molar-refractivity contribution is 5.88. The second-order valence-electron chi connectivity index (χ2n) is 5.04. The average molecular weight is 204 g/mol. The third-order valence-electron chi connectivity index (χ3n) is 2.38. The van der Waals surface area contributed by atoms with Crippen molar-refractivity contribution in [2.45, 2.75) is 39.2 Å². The Balaban J connectivity index is 2.24. The maximum Gasteiger partial charge on any atom is 0.141 e. The summed E-state index contributed by atoms with van der Waals surface area (Å²) in [6.07, 6.45) is 1.15. The van der Waals surface area contributed by atoms with E-state index in [2.05, 4.69) is 0 Å². The molecule has 2 rings (SSSR count). The van der Waals surface area contributed by atoms with Gasteiger partial charge in [-0.3, -0.25) is 4.79 Å². The van der Waals surface area contributed by atoms with Gasteiger partial charge in [-0.25, -0.2) is 0 Å². The van der Waals surface area contributed by atoms with Crippen LogP contribution in [0.3, 0.4) is 0 Å². The van der Waals surface area contributed by atoms with Crippen LogP contribution >= 0.6 is 0 Å². The van der Waals surface area contributed by atoms with Crippen LogP contribution in [0.25, 0.3) is 0 Å². The van der Waals surface area contributed by atoms with Crippen LogP contribution in [0.15, 0.2) is 18.2 Å². The Hall–Kier alpha value is -1.31. The van der Waals surface area contributed by atoms with E-state index in [0.29, 0.717) is 18.6 Å². The molecule has 0 amide bonds. The zero-order valence-electron chi connectivity index (χ0n) is 9.46. The van der Waals surface area contributed by atoms with Crippen molar-refractivity contribution in [3.05, 3.63) is 29.3 Å². The molecule has 0 heterocycles. The first-order chi connectivity index (χ1) is 6.94. The van der Waals surface area contributed by atoms with Gasteiger partial charge in [0, 0.05) is 12.8 Å². The highest BCUT2D eigenvalue weighted by atomic mass is 16.5. The Morgan fingerprint density at radius 1 is 1.13 bits per heavy atom. The molecule has 0 spiro atoms. The van der Waals surface area contributed by atoms with Crippen molar-refractivity contribution in [3.8, 4) is 5.75 Å². The number of hydrogen-bond acceptors (Lipinski definition) is 2. The Labute approximate surface area is 90.3 Å². The Kier molecular flexibility index (Phi) is 2.29. The summed E-state index contributed by atoms with van der Waals surface area (Å²) in [5, 5.41) is 0. The van der Waals surface area contributed by atoms with E-state index in [1.807, 2.05) is 39.0 Å². The zero-order valence-corrected chi connectivity index (χ0v) is 9.46. The first-order valence-corrected chi connectivity index (χ1v) is 5.26. The lowest BCUT2D eigenvalue weighted by Gasteiger charge is -2.21. The van der Waals surface area contributed by atoms with E-state index in [4.69, 9.17) is 4.74 Å². The van der Waals surface area contributed by atoms with Gasteiger partial charge in [-0.15, -0.1) is 0 Å². The number of hydrogen-bond donors (Lipinski definition) is 0. The molecule has 0 saturated heterocycles. The molecule has 0 atom stereocenters. The van der Waals surface area contributed by atoms with E-state index in [9.17, 15) is 4.79 Å². The normalized spacial score (nSPS) is 15.3. The number of Topliss-reactive ketones (excluding diaryl/α,β-unsaturated/α-hetero) is 1. The smallest absolute Gasteiger partial charge is 0.141 e. The number of carbonyl (C=O) groups excluding carboxylic acids is 1. The third-order valence-corrected chi connectivity index (χ3v) is 2.38. The second kappa shape index (κ2) is 3.37. The summed E-state index contributed by atoms with van der Waals surface area (Å²) in [6, 6.07) is 5.94. The maximum absolute atomic E-state index is 11.3. The largest absolute Gasteiger partial charge is 0.488 e. The maximum atomic E-state index is 11.3. The van der Waals surface area contributed by atoms with Gasteiger partial charge in [-0.05, 0) is 44.0 Å². The van der Waals surface area contributed by atoms with Crippen molar-refractivity contribution in [1.82, 2.24) is 0 Å². The Bertz CT molecular complexity index is 399. The van der Waals surface area contributed by atoms with Crippen LogP contribution in [0.4, 0.5) is 0 Å². The highest BCUT2D eigenvalue weighted by Gasteiger charge is 2.19. The summed E-state index contributed by atoms with van der Waals surface area (Å²) in [6.45, 7) is 6.06. The monoisotopic (exact) mass is 204 g/mol. The lowest BCUT2D eigenvalue weighted by Crippen LogP contribution is -2.22. The second-order valence-corrected chi connectivity index (χ2v) is 5.04. The van der Waals surface area contributed by atoms with Gasteiger partial charge in [0.15, 0.2) is 0 Å². The molecular weight excluding hydrogens is 188 g/mol. The molecule has 0 saturated carbocycles. The molecule has 0 fully saturated rings. The average Bonchev–Trinajstić information content (AvgIpc) is 2.40. The summed E-state index contributed by atoms with van der Waals surface area (Å²) >= 11 is 0. The molecule has 0 radical (unpaired) electrons. The van der Waals surface area contributed by atoms with E-state index in [1.54, 1.807) is 0 Å². The van der Waals surface area contributed by atoms with Crippen LogP contribution in [0, 0.1) is 0 Å². The van der Waals surface area contributed by atoms with Crippen molar-refractivity contribution in [2.75, 3.05) is 0 Å². The van der Waals surface area contributed by atoms with Gasteiger partial charge >= 0.3 is 0 Å². The molecule has 2 heteroatoms. The number of ether oxygens (including phenoxy) is 1. The van der Waals surface area contributed by atoms with Crippen molar-refractivity contribution in [1.29, 1.82) is 0 Å². The van der Waals surface area contributed by atoms with Gasteiger partial charge in [0.05, 0.1) is 0 Å². The lowest BCUT2D eigenvalue weighted by atomic mass is 10.1. The predicted octanol–water partition coefficient (Wildman–Crippen LogP) is 2.53. The van der Waals surface area contributed by atoms with E-state index < -0.39 is 0 Å². The molecule has 0 unspecified atom stereocenters. The lowest BCUT2D eigenvalue weighted by molar-refractivity contribution is -0.117. The Morgan fingerprint density at radius 3 is 2.47 bits per heavy atom. The van der Waals surface area contributed by atoms with Crippen molar-refractivity contribution in [2.24, 2.45) is 0 Å². The van der Waals surface area contributed by atoms with Crippen molar-refractivity contribution >= 4 is 5.78 Å². The number of rotatable bonds is 1. The van der Waals surface area contributed by atoms with E-state index >= 15 is 0 Å². The van der Waals surface area contributed by atoms with Gasteiger partial charge in [-0.2, -0.15) is 0 Å².